The number of hydrogen-bond donors (Lipinski definition) is 2. The monoisotopic (exact) mass is 362 g/mol. The first-order valence-electron chi connectivity index (χ1n) is 7.15. The summed E-state index contributed by atoms with van der Waals surface area (Å²) >= 11 is 11.0. The average molecular weight is 363 g/mol. The molecule has 0 saturated heterocycles. The zero-order chi connectivity index (χ0) is 17.5. The number of thiocarbonyl (C=S) groups is 1. The molecule has 0 aromatic heterocycles. The van der Waals surface area contributed by atoms with Gasteiger partial charge in [-0.05, 0) is 49.5 Å². The summed E-state index contributed by atoms with van der Waals surface area (Å²) in [5, 5.41) is 5.89. The number of hydrogen-bond acceptors (Lipinski definition) is 4. The lowest BCUT2D eigenvalue weighted by Gasteiger charge is -2.13. The highest BCUT2D eigenvalue weighted by Gasteiger charge is 2.14. The minimum atomic E-state index is -0.468. The number of ether oxygens (including phenoxy) is 1. The zero-order valence-corrected chi connectivity index (χ0v) is 14.4. The summed E-state index contributed by atoms with van der Waals surface area (Å²) in [6.45, 7) is 1.99. The van der Waals surface area contributed by atoms with E-state index in [2.05, 4.69) is 10.6 Å². The normalized spacial score (nSPS) is 9.92. The van der Waals surface area contributed by atoms with Crippen LogP contribution in [-0.4, -0.2) is 23.6 Å². The van der Waals surface area contributed by atoms with Crippen molar-refractivity contribution in [2.24, 2.45) is 0 Å². The number of esters is 1. The minimum Gasteiger partial charge on any atom is -0.462 e. The fourth-order valence-corrected chi connectivity index (χ4v) is 2.33. The van der Waals surface area contributed by atoms with E-state index in [1.807, 2.05) is 0 Å². The van der Waals surface area contributed by atoms with Crippen LogP contribution in [0.4, 0.5) is 5.69 Å². The van der Waals surface area contributed by atoms with Gasteiger partial charge in [-0.3, -0.25) is 10.1 Å². The summed E-state index contributed by atoms with van der Waals surface area (Å²) in [4.78, 5) is 24.1. The van der Waals surface area contributed by atoms with Crippen LogP contribution >= 0.6 is 23.8 Å². The number of para-hydroxylation sites is 1. The largest absolute Gasteiger partial charge is 0.462 e. The molecule has 0 heterocycles. The zero-order valence-electron chi connectivity index (χ0n) is 12.8. The number of anilines is 1. The molecule has 2 rings (SSSR count). The molecule has 0 fully saturated rings. The number of nitrogens with one attached hydrogen (secondary N) is 2. The van der Waals surface area contributed by atoms with Crippen molar-refractivity contribution in [3.8, 4) is 0 Å². The Labute approximate surface area is 150 Å². The highest BCUT2D eigenvalue weighted by molar-refractivity contribution is 7.80. The van der Waals surface area contributed by atoms with Crippen LogP contribution in [0.5, 0.6) is 0 Å². The summed E-state index contributed by atoms with van der Waals surface area (Å²) in [5.41, 5.74) is 1.16. The van der Waals surface area contributed by atoms with E-state index in [0.29, 0.717) is 21.8 Å². The molecule has 5 nitrogen and oxygen atoms in total. The van der Waals surface area contributed by atoms with Gasteiger partial charge in [0.05, 0.1) is 17.9 Å². The predicted molar refractivity (Wildman–Crippen MR) is 97.5 cm³/mol. The Morgan fingerprint density at radius 3 is 2.62 bits per heavy atom. The Morgan fingerprint density at radius 1 is 1.17 bits per heavy atom. The molecule has 0 aliphatic heterocycles. The predicted octanol–water partition coefficient (Wildman–Crippen LogP) is 3.64. The first kappa shape index (κ1) is 17.9. The van der Waals surface area contributed by atoms with Crippen LogP contribution in [0.25, 0.3) is 0 Å². The van der Waals surface area contributed by atoms with Crippen molar-refractivity contribution < 1.29 is 14.3 Å². The number of carbonyl (C=O) groups excluding carboxylic acids is 2. The van der Waals surface area contributed by atoms with Gasteiger partial charge in [-0.25, -0.2) is 4.79 Å². The second-order valence-electron chi connectivity index (χ2n) is 4.68. The molecule has 0 unspecified atom stereocenters. The Morgan fingerprint density at radius 2 is 1.92 bits per heavy atom. The van der Waals surface area contributed by atoms with Crippen molar-refractivity contribution in [3.05, 3.63) is 64.7 Å². The molecule has 2 N–H and O–H groups in total. The van der Waals surface area contributed by atoms with Gasteiger partial charge in [0.15, 0.2) is 5.11 Å². The van der Waals surface area contributed by atoms with Crippen LogP contribution in [0, 0.1) is 0 Å². The van der Waals surface area contributed by atoms with Gasteiger partial charge in [0.25, 0.3) is 5.91 Å². The van der Waals surface area contributed by atoms with Gasteiger partial charge in [-0.1, -0.05) is 29.8 Å². The van der Waals surface area contributed by atoms with E-state index in [9.17, 15) is 9.59 Å². The Kier molecular flexibility index (Phi) is 6.28. The molecular formula is C17H15ClN2O3S. The third-order valence-electron chi connectivity index (χ3n) is 2.98. The lowest BCUT2D eigenvalue weighted by molar-refractivity contribution is 0.0527. The van der Waals surface area contributed by atoms with Gasteiger partial charge >= 0.3 is 5.97 Å². The summed E-state index contributed by atoms with van der Waals surface area (Å²) in [6.07, 6.45) is 0. The summed E-state index contributed by atoms with van der Waals surface area (Å²) in [7, 11) is 0. The number of halogens is 1. The van der Waals surface area contributed by atoms with E-state index >= 15 is 0 Å². The van der Waals surface area contributed by atoms with Gasteiger partial charge in [0.2, 0.25) is 0 Å². The second-order valence-corrected chi connectivity index (χ2v) is 5.53. The smallest absolute Gasteiger partial charge is 0.340 e. The summed E-state index contributed by atoms with van der Waals surface area (Å²) in [6, 6.07) is 13.2. The van der Waals surface area contributed by atoms with E-state index in [1.54, 1.807) is 49.4 Å². The van der Waals surface area contributed by atoms with Crippen LogP contribution in [0.3, 0.4) is 0 Å². The highest BCUT2D eigenvalue weighted by Crippen LogP contribution is 2.16. The number of rotatable bonds is 4. The van der Waals surface area contributed by atoms with Crippen LogP contribution in [-0.2, 0) is 4.74 Å². The molecule has 0 radical (unpaired) electrons. The molecule has 0 atom stereocenters. The fraction of sp³-hybridized carbons (Fsp3) is 0.118. The van der Waals surface area contributed by atoms with Crippen molar-refractivity contribution in [1.82, 2.24) is 5.32 Å². The molecule has 0 aliphatic rings. The first-order chi connectivity index (χ1) is 11.5. The molecule has 0 bridgehead atoms. The number of carbonyl (C=O) groups is 2. The first-order valence-corrected chi connectivity index (χ1v) is 7.94. The molecule has 7 heteroatoms. The highest BCUT2D eigenvalue weighted by atomic mass is 35.5. The fourth-order valence-electron chi connectivity index (χ4n) is 1.94. The van der Waals surface area contributed by atoms with E-state index in [1.165, 1.54) is 6.07 Å². The lowest BCUT2D eigenvalue weighted by atomic mass is 10.2. The molecule has 1 amide bonds. The molecular weight excluding hydrogens is 348 g/mol. The third kappa shape index (κ3) is 4.78. The molecule has 0 spiro atoms. The van der Waals surface area contributed by atoms with Gasteiger partial charge in [-0.2, -0.15) is 0 Å². The number of amides is 1. The maximum atomic E-state index is 12.1. The molecule has 2 aromatic rings. The topological polar surface area (TPSA) is 67.4 Å². The van der Waals surface area contributed by atoms with Crippen molar-refractivity contribution in [1.29, 1.82) is 0 Å². The summed E-state index contributed by atoms with van der Waals surface area (Å²) < 4.78 is 4.99. The maximum Gasteiger partial charge on any atom is 0.340 e. The molecule has 124 valence electrons. The van der Waals surface area contributed by atoms with Crippen molar-refractivity contribution >= 4 is 46.5 Å². The third-order valence-corrected chi connectivity index (χ3v) is 3.42. The minimum absolute atomic E-state index is 0.0664. The van der Waals surface area contributed by atoms with Crippen LogP contribution in [0.2, 0.25) is 5.02 Å². The molecule has 24 heavy (non-hydrogen) atoms. The SMILES string of the molecule is CCOC(=O)c1ccccc1NC(=S)NC(=O)c1cccc(Cl)c1. The van der Waals surface area contributed by atoms with E-state index < -0.39 is 11.9 Å². The molecule has 0 aliphatic carbocycles. The van der Waals surface area contributed by atoms with E-state index in [4.69, 9.17) is 28.6 Å². The van der Waals surface area contributed by atoms with E-state index in [0.717, 1.165) is 0 Å². The molecule has 2 aromatic carbocycles. The van der Waals surface area contributed by atoms with Gasteiger partial charge in [0.1, 0.15) is 0 Å². The van der Waals surface area contributed by atoms with Crippen molar-refractivity contribution in [3.63, 3.8) is 0 Å². The average Bonchev–Trinajstić information content (AvgIpc) is 2.55. The van der Waals surface area contributed by atoms with Crippen LogP contribution in [0.15, 0.2) is 48.5 Å². The maximum absolute atomic E-state index is 12.1. The lowest BCUT2D eigenvalue weighted by Crippen LogP contribution is -2.34. The standard InChI is InChI=1S/C17H15ClN2O3S/c1-2-23-16(22)13-8-3-4-9-14(13)19-17(24)20-15(21)11-6-5-7-12(18)10-11/h3-10H,2H2,1H3,(H2,19,20,21,24). The summed E-state index contributed by atoms with van der Waals surface area (Å²) in [5.74, 6) is -0.867. The molecule has 0 saturated carbocycles. The van der Waals surface area contributed by atoms with Crippen molar-refractivity contribution in [2.45, 2.75) is 6.92 Å². The Bertz CT molecular complexity index is 780. The van der Waals surface area contributed by atoms with Crippen LogP contribution < -0.4 is 10.6 Å². The van der Waals surface area contributed by atoms with E-state index in [-0.39, 0.29) is 11.7 Å². The van der Waals surface area contributed by atoms with Gasteiger partial charge < -0.3 is 10.1 Å². The van der Waals surface area contributed by atoms with Gasteiger partial charge in [0, 0.05) is 10.6 Å². The Balaban J connectivity index is 2.07. The van der Waals surface area contributed by atoms with Crippen molar-refractivity contribution in [2.75, 3.05) is 11.9 Å². The second kappa shape index (κ2) is 8.42. The van der Waals surface area contributed by atoms with Crippen LogP contribution in [0.1, 0.15) is 27.6 Å². The number of benzene rings is 2. The quantitative estimate of drug-likeness (QED) is 0.642. The van der Waals surface area contributed by atoms with Gasteiger partial charge in [-0.15, -0.1) is 0 Å². The Hall–Kier alpha value is -2.44.